The number of hydrogen-bond donors (Lipinski definition) is 1. The number of halogens is 6. The molecular weight excluding hydrogens is 498 g/mol. The van der Waals surface area contributed by atoms with Crippen molar-refractivity contribution in [3.63, 3.8) is 0 Å². The minimum absolute atomic E-state index is 0.0494. The smallest absolute Gasteiger partial charge is 0.416 e. The largest absolute Gasteiger partial charge is 0.497 e. The Balaban J connectivity index is 1.62. The van der Waals surface area contributed by atoms with Crippen LogP contribution < -0.4 is 10.1 Å². The Morgan fingerprint density at radius 3 is 2.11 bits per heavy atom. The normalized spacial score (nSPS) is 12.0. The molecule has 0 fully saturated rings. The van der Waals surface area contributed by atoms with E-state index in [1.165, 1.54) is 7.11 Å². The summed E-state index contributed by atoms with van der Waals surface area (Å²) in [4.78, 5) is 17.4. The lowest BCUT2D eigenvalue weighted by Crippen LogP contribution is -2.25. The molecule has 4 nitrogen and oxygen atoms in total. The molecule has 0 saturated heterocycles. The Morgan fingerprint density at radius 2 is 1.51 bits per heavy atom. The number of rotatable bonds is 6. The van der Waals surface area contributed by atoms with E-state index in [9.17, 15) is 31.1 Å². The van der Waals surface area contributed by atoms with Gasteiger partial charge in [-0.15, -0.1) is 0 Å². The zero-order valence-electron chi connectivity index (χ0n) is 19.4. The second-order valence-corrected chi connectivity index (χ2v) is 8.28. The van der Waals surface area contributed by atoms with Gasteiger partial charge in [-0.2, -0.15) is 26.3 Å². The van der Waals surface area contributed by atoms with E-state index in [2.05, 4.69) is 10.3 Å². The number of nitrogens with one attached hydrogen (secondary N) is 1. The predicted octanol–water partition coefficient (Wildman–Crippen LogP) is 6.81. The van der Waals surface area contributed by atoms with Crippen molar-refractivity contribution in [2.24, 2.45) is 0 Å². The lowest BCUT2D eigenvalue weighted by molar-refractivity contribution is -0.143. The summed E-state index contributed by atoms with van der Waals surface area (Å²) in [6, 6.07) is 17.3. The number of carbonyl (C=O) groups is 1. The molecule has 192 valence electrons. The van der Waals surface area contributed by atoms with Gasteiger partial charge in [-0.3, -0.25) is 4.79 Å². The monoisotopic (exact) mass is 518 g/mol. The van der Waals surface area contributed by atoms with Gasteiger partial charge in [0.05, 0.1) is 35.9 Å². The fourth-order valence-electron chi connectivity index (χ4n) is 3.87. The molecule has 3 aromatic carbocycles. The average molecular weight is 518 g/mol. The highest BCUT2D eigenvalue weighted by Crippen LogP contribution is 2.36. The summed E-state index contributed by atoms with van der Waals surface area (Å²) in [5.74, 6) is -0.0149. The number of ether oxygens (including phenoxy) is 1. The van der Waals surface area contributed by atoms with Gasteiger partial charge >= 0.3 is 12.4 Å². The minimum Gasteiger partial charge on any atom is -0.497 e. The summed E-state index contributed by atoms with van der Waals surface area (Å²) in [5.41, 5.74) is -0.638. The highest BCUT2D eigenvalue weighted by Gasteiger charge is 2.36. The Kier molecular flexibility index (Phi) is 7.11. The van der Waals surface area contributed by atoms with E-state index in [1.54, 1.807) is 24.3 Å². The van der Waals surface area contributed by atoms with Crippen LogP contribution in [-0.4, -0.2) is 18.0 Å². The van der Waals surface area contributed by atoms with Crippen molar-refractivity contribution < 1.29 is 35.9 Å². The molecule has 4 aromatic rings. The first kappa shape index (κ1) is 26.0. The third-order valence-corrected chi connectivity index (χ3v) is 5.66. The number of carbonyl (C=O) groups excluding carboxylic acids is 1. The molecule has 0 atom stereocenters. The molecule has 1 N–H and O–H groups in total. The van der Waals surface area contributed by atoms with Crippen molar-refractivity contribution in [3.05, 3.63) is 95.1 Å². The van der Waals surface area contributed by atoms with Gasteiger partial charge in [0.25, 0.3) is 0 Å². The molecule has 0 saturated carbocycles. The number of alkyl halides is 6. The SMILES string of the molecule is COc1ccc2c(CC(=O)NCc3cc(C(F)(F)F)cc(C(F)(F)F)c3)cc(-c3ccccc3)nc2c1. The number of pyridine rings is 1. The molecule has 0 bridgehead atoms. The molecule has 0 aliphatic heterocycles. The van der Waals surface area contributed by atoms with Crippen LogP contribution in [0.2, 0.25) is 0 Å². The lowest BCUT2D eigenvalue weighted by atomic mass is 10.0. The summed E-state index contributed by atoms with van der Waals surface area (Å²) in [6.07, 6.45) is -10.1. The maximum Gasteiger partial charge on any atom is 0.416 e. The number of methoxy groups -OCH3 is 1. The fourth-order valence-corrected chi connectivity index (χ4v) is 3.87. The first-order valence-electron chi connectivity index (χ1n) is 11.0. The van der Waals surface area contributed by atoms with Crippen LogP contribution in [0.1, 0.15) is 22.3 Å². The summed E-state index contributed by atoms with van der Waals surface area (Å²) >= 11 is 0. The van der Waals surface area contributed by atoms with Crippen LogP contribution >= 0.6 is 0 Å². The van der Waals surface area contributed by atoms with E-state index >= 15 is 0 Å². The number of benzene rings is 3. The molecule has 37 heavy (non-hydrogen) atoms. The van der Waals surface area contributed by atoms with Crippen LogP contribution in [0.5, 0.6) is 5.75 Å². The third kappa shape index (κ3) is 6.19. The molecule has 0 radical (unpaired) electrons. The van der Waals surface area contributed by atoms with E-state index in [0.717, 1.165) is 5.56 Å². The minimum atomic E-state index is -4.97. The van der Waals surface area contributed by atoms with Crippen LogP contribution in [0.4, 0.5) is 26.3 Å². The van der Waals surface area contributed by atoms with E-state index in [1.807, 2.05) is 30.3 Å². The van der Waals surface area contributed by atoms with Gasteiger partial charge in [0.15, 0.2) is 0 Å². The van der Waals surface area contributed by atoms with Gasteiger partial charge in [0.2, 0.25) is 5.91 Å². The van der Waals surface area contributed by atoms with Crippen LogP contribution in [0.3, 0.4) is 0 Å². The van der Waals surface area contributed by atoms with Crippen molar-refractivity contribution in [1.29, 1.82) is 0 Å². The second-order valence-electron chi connectivity index (χ2n) is 8.28. The number of amides is 1. The predicted molar refractivity (Wildman–Crippen MR) is 126 cm³/mol. The van der Waals surface area contributed by atoms with Crippen LogP contribution in [0.15, 0.2) is 72.8 Å². The Morgan fingerprint density at radius 1 is 0.865 bits per heavy atom. The van der Waals surface area contributed by atoms with E-state index in [0.29, 0.717) is 40.0 Å². The zero-order chi connectivity index (χ0) is 26.8. The summed E-state index contributed by atoms with van der Waals surface area (Å²) in [7, 11) is 1.51. The van der Waals surface area contributed by atoms with Gasteiger partial charge in [0.1, 0.15) is 5.75 Å². The first-order valence-corrected chi connectivity index (χ1v) is 11.0. The molecule has 0 aliphatic rings. The molecular formula is C27H20F6N2O2. The van der Waals surface area contributed by atoms with Crippen LogP contribution in [0, 0.1) is 0 Å². The van der Waals surface area contributed by atoms with E-state index in [4.69, 9.17) is 4.74 Å². The van der Waals surface area contributed by atoms with Gasteiger partial charge in [-0.1, -0.05) is 30.3 Å². The Bertz CT molecular complexity index is 1400. The maximum absolute atomic E-state index is 13.1. The summed E-state index contributed by atoms with van der Waals surface area (Å²) in [5, 5.41) is 3.09. The number of nitrogens with zero attached hydrogens (tertiary/aromatic N) is 1. The molecule has 0 aliphatic carbocycles. The summed E-state index contributed by atoms with van der Waals surface area (Å²) < 4.78 is 84.1. The van der Waals surface area contributed by atoms with Crippen molar-refractivity contribution in [3.8, 4) is 17.0 Å². The van der Waals surface area contributed by atoms with Gasteiger partial charge in [-0.05, 0) is 47.5 Å². The van der Waals surface area contributed by atoms with Crippen LogP contribution in [0.25, 0.3) is 22.2 Å². The van der Waals surface area contributed by atoms with Gasteiger partial charge in [0, 0.05) is 23.6 Å². The van der Waals surface area contributed by atoms with E-state index in [-0.39, 0.29) is 18.1 Å². The molecule has 1 heterocycles. The Labute approximate surface area is 207 Å². The van der Waals surface area contributed by atoms with Crippen molar-refractivity contribution in [2.45, 2.75) is 25.3 Å². The Hall–Kier alpha value is -4.08. The molecule has 0 spiro atoms. The molecule has 1 amide bonds. The first-order chi connectivity index (χ1) is 17.4. The van der Waals surface area contributed by atoms with Gasteiger partial charge in [-0.25, -0.2) is 4.98 Å². The van der Waals surface area contributed by atoms with Gasteiger partial charge < -0.3 is 10.1 Å². The number of fused-ring (bicyclic) bond motifs is 1. The molecule has 10 heteroatoms. The molecule has 1 aromatic heterocycles. The second kappa shape index (κ2) is 10.1. The highest BCUT2D eigenvalue weighted by atomic mass is 19.4. The molecule has 0 unspecified atom stereocenters. The van der Waals surface area contributed by atoms with Crippen LogP contribution in [-0.2, 0) is 30.1 Å². The fraction of sp³-hybridized carbons (Fsp3) is 0.185. The van der Waals surface area contributed by atoms with E-state index < -0.39 is 35.9 Å². The average Bonchev–Trinajstić information content (AvgIpc) is 2.86. The number of hydrogen-bond acceptors (Lipinski definition) is 3. The quantitative estimate of drug-likeness (QED) is 0.286. The van der Waals surface area contributed by atoms with Crippen molar-refractivity contribution in [1.82, 2.24) is 10.3 Å². The standard InChI is InChI=1S/C27H20F6N2O2/c1-37-21-7-8-22-18(11-23(35-24(22)14-21)17-5-3-2-4-6-17)12-25(36)34-15-16-9-19(26(28,29)30)13-20(10-16)27(31,32)33/h2-11,13-14H,12,15H2,1H3,(H,34,36). The third-order valence-electron chi connectivity index (χ3n) is 5.66. The number of aromatic nitrogens is 1. The topological polar surface area (TPSA) is 51.2 Å². The van der Waals surface area contributed by atoms with Crippen molar-refractivity contribution in [2.75, 3.05) is 7.11 Å². The maximum atomic E-state index is 13.1. The summed E-state index contributed by atoms with van der Waals surface area (Å²) in [6.45, 7) is -0.506. The lowest BCUT2D eigenvalue weighted by Gasteiger charge is -2.15. The highest BCUT2D eigenvalue weighted by molar-refractivity contribution is 5.90. The van der Waals surface area contributed by atoms with Crippen molar-refractivity contribution >= 4 is 16.8 Å². The zero-order valence-corrected chi connectivity index (χ0v) is 19.4. The molecule has 4 rings (SSSR count).